The Bertz CT molecular complexity index is 3030. The van der Waals surface area contributed by atoms with Crippen molar-refractivity contribution in [1.82, 2.24) is 29.9 Å². The number of benzene rings is 6. The van der Waals surface area contributed by atoms with E-state index >= 15 is 0 Å². The Morgan fingerprint density at radius 2 is 0.945 bits per heavy atom. The molecule has 6 aromatic carbocycles. The number of nitrogens with zero attached hydrogens (tertiary/aromatic N) is 6. The predicted octanol–water partition coefficient (Wildman–Crippen LogP) is 11.8. The van der Waals surface area contributed by atoms with E-state index < -0.39 is 0 Å². The third kappa shape index (κ3) is 6.06. The lowest BCUT2D eigenvalue weighted by Gasteiger charge is -2.12. The molecule has 55 heavy (non-hydrogen) atoms. The predicted molar refractivity (Wildman–Crippen MR) is 223 cm³/mol. The van der Waals surface area contributed by atoms with Crippen LogP contribution in [0, 0.1) is 6.92 Å². The summed E-state index contributed by atoms with van der Waals surface area (Å²) in [6.45, 7) is 2.04. The van der Waals surface area contributed by atoms with Gasteiger partial charge in [-0.05, 0) is 47.9 Å². The van der Waals surface area contributed by atoms with Crippen molar-refractivity contribution in [2.45, 2.75) is 6.92 Å². The van der Waals surface area contributed by atoms with Crippen LogP contribution in [0.3, 0.4) is 0 Å². The summed E-state index contributed by atoms with van der Waals surface area (Å²) in [6.07, 6.45) is 1.84. The van der Waals surface area contributed by atoms with E-state index in [1.807, 2.05) is 67.7 Å². The fourth-order valence-electron chi connectivity index (χ4n) is 7.32. The second-order valence-corrected chi connectivity index (χ2v) is 13.6. The van der Waals surface area contributed by atoms with Crippen LogP contribution >= 0.6 is 0 Å². The van der Waals surface area contributed by atoms with Gasteiger partial charge in [-0.3, -0.25) is 9.97 Å². The lowest BCUT2D eigenvalue weighted by atomic mass is 9.97. The second kappa shape index (κ2) is 13.5. The van der Waals surface area contributed by atoms with Crippen LogP contribution in [0.1, 0.15) is 5.69 Å². The molecule has 0 amide bonds. The van der Waals surface area contributed by atoms with Gasteiger partial charge in [-0.2, -0.15) is 0 Å². The highest BCUT2D eigenvalue weighted by Gasteiger charge is 2.16. The summed E-state index contributed by atoms with van der Waals surface area (Å²) in [5.74, 6) is 1.83. The molecule has 10 aromatic rings. The van der Waals surface area contributed by atoms with E-state index in [1.54, 1.807) is 0 Å². The maximum Gasteiger partial charge on any atom is 0.164 e. The number of pyridine rings is 3. The third-order valence-corrected chi connectivity index (χ3v) is 10.0. The number of hydrogen-bond donors (Lipinski definition) is 0. The van der Waals surface area contributed by atoms with Crippen molar-refractivity contribution in [2.75, 3.05) is 0 Å². The molecular weight excluding hydrogens is 673 g/mol. The fraction of sp³-hybridized carbons (Fsp3) is 0.0204. The molecule has 0 N–H and O–H groups in total. The molecule has 4 aromatic heterocycles. The number of hydrogen-bond acceptors (Lipinski definition) is 6. The molecule has 0 atom stereocenters. The van der Waals surface area contributed by atoms with Gasteiger partial charge < -0.3 is 0 Å². The molecule has 258 valence electrons. The minimum absolute atomic E-state index is 0.604. The van der Waals surface area contributed by atoms with Crippen molar-refractivity contribution < 1.29 is 0 Å². The number of para-hydroxylation sites is 1. The topological polar surface area (TPSA) is 77.3 Å². The summed E-state index contributed by atoms with van der Waals surface area (Å²) in [7, 11) is 0. The van der Waals surface area contributed by atoms with Gasteiger partial charge in [0, 0.05) is 55.9 Å². The highest BCUT2D eigenvalue weighted by molar-refractivity contribution is 6.08. The SMILES string of the molecule is Cc1cc(-c2ccc(-c3nc(-c4ccccc4)nc(-c4cccc(-c5cccc6cccnc56)c4)n3)cc2)c2ccc3ccc(-c4ccccc4)nc3c2n1. The van der Waals surface area contributed by atoms with Gasteiger partial charge >= 0.3 is 0 Å². The van der Waals surface area contributed by atoms with E-state index in [2.05, 4.69) is 115 Å². The van der Waals surface area contributed by atoms with Crippen LogP contribution in [-0.2, 0) is 0 Å². The van der Waals surface area contributed by atoms with E-state index in [0.29, 0.717) is 17.5 Å². The Balaban J connectivity index is 1.06. The number of aryl methyl sites for hydroxylation is 1. The molecule has 0 aliphatic rings. The molecule has 0 saturated heterocycles. The van der Waals surface area contributed by atoms with Gasteiger partial charge in [0.2, 0.25) is 0 Å². The van der Waals surface area contributed by atoms with Crippen molar-refractivity contribution in [1.29, 1.82) is 0 Å². The number of aromatic nitrogens is 6. The highest BCUT2D eigenvalue weighted by Crippen LogP contribution is 2.35. The molecule has 4 heterocycles. The first-order chi connectivity index (χ1) is 27.1. The van der Waals surface area contributed by atoms with Crippen LogP contribution in [0.25, 0.3) is 100 Å². The quantitative estimate of drug-likeness (QED) is 0.160. The minimum Gasteiger partial charge on any atom is -0.256 e. The van der Waals surface area contributed by atoms with Crippen LogP contribution in [0.5, 0.6) is 0 Å². The van der Waals surface area contributed by atoms with E-state index in [-0.39, 0.29) is 0 Å². The Kier molecular flexibility index (Phi) is 7.92. The van der Waals surface area contributed by atoms with E-state index in [9.17, 15) is 0 Å². The van der Waals surface area contributed by atoms with Gasteiger partial charge in [-0.15, -0.1) is 0 Å². The average Bonchev–Trinajstić information content (AvgIpc) is 3.26. The maximum atomic E-state index is 5.12. The molecule has 6 nitrogen and oxygen atoms in total. The Morgan fingerprint density at radius 1 is 0.345 bits per heavy atom. The first-order valence-electron chi connectivity index (χ1n) is 18.3. The van der Waals surface area contributed by atoms with Crippen LogP contribution in [0.4, 0.5) is 0 Å². The summed E-state index contributed by atoms with van der Waals surface area (Å²) in [4.78, 5) is 29.9. The van der Waals surface area contributed by atoms with Gasteiger partial charge in [0.05, 0.1) is 22.2 Å². The first kappa shape index (κ1) is 32.2. The van der Waals surface area contributed by atoms with Crippen molar-refractivity contribution in [3.05, 3.63) is 182 Å². The summed E-state index contributed by atoms with van der Waals surface area (Å²) >= 11 is 0. The molecule has 0 bridgehead atoms. The van der Waals surface area contributed by atoms with Crippen molar-refractivity contribution in [3.8, 4) is 67.7 Å². The normalized spacial score (nSPS) is 11.4. The summed E-state index contributed by atoms with van der Waals surface area (Å²) in [5, 5.41) is 3.21. The van der Waals surface area contributed by atoms with E-state index in [1.165, 1.54) is 0 Å². The molecule has 0 unspecified atom stereocenters. The van der Waals surface area contributed by atoms with Crippen molar-refractivity contribution in [2.24, 2.45) is 0 Å². The Morgan fingerprint density at radius 3 is 1.73 bits per heavy atom. The van der Waals surface area contributed by atoms with E-state index in [4.69, 9.17) is 29.9 Å². The third-order valence-electron chi connectivity index (χ3n) is 10.0. The van der Waals surface area contributed by atoms with Crippen LogP contribution in [-0.4, -0.2) is 29.9 Å². The fourth-order valence-corrected chi connectivity index (χ4v) is 7.32. The molecule has 0 fully saturated rings. The summed E-state index contributed by atoms with van der Waals surface area (Å²) in [6, 6.07) is 58.1. The first-order valence-corrected chi connectivity index (χ1v) is 18.3. The molecule has 0 saturated carbocycles. The Labute approximate surface area is 318 Å². The molecule has 0 aliphatic carbocycles. The van der Waals surface area contributed by atoms with E-state index in [0.717, 1.165) is 88.6 Å². The van der Waals surface area contributed by atoms with Crippen LogP contribution in [0.2, 0.25) is 0 Å². The zero-order valence-corrected chi connectivity index (χ0v) is 29.9. The maximum absolute atomic E-state index is 5.12. The highest BCUT2D eigenvalue weighted by atomic mass is 15.0. The summed E-state index contributed by atoms with van der Waals surface area (Å²) < 4.78 is 0. The molecule has 0 radical (unpaired) electrons. The molecule has 0 spiro atoms. The number of rotatable bonds is 6. The lowest BCUT2D eigenvalue weighted by Crippen LogP contribution is -2.00. The average molecular weight is 705 g/mol. The van der Waals surface area contributed by atoms with Crippen LogP contribution in [0.15, 0.2) is 176 Å². The zero-order valence-electron chi connectivity index (χ0n) is 29.9. The Hall–Kier alpha value is -7.44. The second-order valence-electron chi connectivity index (χ2n) is 13.6. The number of fused-ring (bicyclic) bond motifs is 4. The van der Waals surface area contributed by atoms with Gasteiger partial charge in [0.25, 0.3) is 0 Å². The standard InChI is InChI=1S/C49H32N6/c1-31-29-42(41-26-24-35-25-27-43(33-11-4-2-5-12-33)52-45(35)46(41)51-31)32-20-22-37(23-21-32)48-53-47(36-13-6-3-7-14-36)54-49(55-48)39-17-8-16-38(30-39)40-19-9-15-34-18-10-28-50-44(34)40/h2-30H,1H3. The largest absolute Gasteiger partial charge is 0.256 e. The van der Waals surface area contributed by atoms with Crippen molar-refractivity contribution >= 4 is 32.7 Å². The smallest absolute Gasteiger partial charge is 0.164 e. The van der Waals surface area contributed by atoms with Gasteiger partial charge in [0.1, 0.15) is 0 Å². The molecule has 6 heteroatoms. The summed E-state index contributed by atoms with van der Waals surface area (Å²) in [5.41, 5.74) is 12.7. The zero-order chi connectivity index (χ0) is 36.7. The minimum atomic E-state index is 0.604. The van der Waals surface area contributed by atoms with Crippen LogP contribution < -0.4 is 0 Å². The monoisotopic (exact) mass is 704 g/mol. The molecule has 0 aliphatic heterocycles. The van der Waals surface area contributed by atoms with Gasteiger partial charge in [-0.1, -0.05) is 146 Å². The van der Waals surface area contributed by atoms with Gasteiger partial charge in [0.15, 0.2) is 17.5 Å². The van der Waals surface area contributed by atoms with Crippen molar-refractivity contribution in [3.63, 3.8) is 0 Å². The lowest BCUT2D eigenvalue weighted by molar-refractivity contribution is 1.07. The molecular formula is C49H32N6. The van der Waals surface area contributed by atoms with Gasteiger partial charge in [-0.25, -0.2) is 19.9 Å². The molecule has 10 rings (SSSR count).